The number of carboxylic acid groups (broad SMARTS) is 1. The first kappa shape index (κ1) is 8.13. The lowest BCUT2D eigenvalue weighted by Crippen LogP contribution is -2.41. The van der Waals surface area contributed by atoms with Gasteiger partial charge in [-0.25, -0.2) is 4.79 Å². The Morgan fingerprint density at radius 1 is 1.91 bits per heavy atom. The van der Waals surface area contributed by atoms with Crippen molar-refractivity contribution in [1.82, 2.24) is 5.32 Å². The molecule has 62 valence electrons. The van der Waals surface area contributed by atoms with Crippen molar-refractivity contribution >= 4 is 24.5 Å². The summed E-state index contributed by atoms with van der Waals surface area (Å²) >= 11 is 3.73. The van der Waals surface area contributed by atoms with Gasteiger partial charge in [0, 0.05) is 5.75 Å². The van der Waals surface area contributed by atoms with E-state index < -0.39 is 17.9 Å². The molecule has 4 nitrogen and oxygen atoms in total. The number of amides is 1. The fourth-order valence-electron chi connectivity index (χ4n) is 0.405. The van der Waals surface area contributed by atoms with E-state index in [1.807, 2.05) is 0 Å². The number of carboxylic acids is 1. The molecular formula is C6H9NO3S. The minimum Gasteiger partial charge on any atom is -0.480 e. The third-order valence-electron chi connectivity index (χ3n) is 0.949. The summed E-state index contributed by atoms with van der Waals surface area (Å²) in [6.07, 6.45) is 0.930. The number of hydrogen-bond donors (Lipinski definition) is 3. The van der Waals surface area contributed by atoms with Crippen LogP contribution in [0.3, 0.4) is 0 Å². The van der Waals surface area contributed by atoms with Crippen molar-refractivity contribution in [2.24, 2.45) is 0 Å². The molecule has 0 aliphatic rings. The number of carbonyl (C=O) groups is 2. The molecule has 11 heavy (non-hydrogen) atoms. The van der Waals surface area contributed by atoms with Gasteiger partial charge in [0.2, 0.25) is 5.91 Å². The highest BCUT2D eigenvalue weighted by molar-refractivity contribution is 7.80. The number of carbonyl (C=O) groups excluding carboxylic acids is 1. The summed E-state index contributed by atoms with van der Waals surface area (Å²) in [7, 11) is 0. The molecule has 0 saturated carbocycles. The van der Waals surface area contributed by atoms with Crippen molar-refractivity contribution in [3.8, 4) is 0 Å². The van der Waals surface area contributed by atoms with E-state index in [-0.39, 0.29) is 5.75 Å². The molecule has 0 fully saturated rings. The molecule has 0 saturated heterocycles. The van der Waals surface area contributed by atoms with Gasteiger partial charge in [-0.05, 0) is 6.08 Å². The predicted octanol–water partition coefficient (Wildman–Crippen LogP) is -0.328. The largest absolute Gasteiger partial charge is 0.480 e. The molecule has 0 aliphatic heterocycles. The number of nitrogens with one attached hydrogen (secondary N) is 1. The van der Waals surface area contributed by atoms with Crippen molar-refractivity contribution in [2.75, 3.05) is 5.75 Å². The third-order valence-corrected chi connectivity index (χ3v) is 1.31. The average Bonchev–Trinajstić information content (AvgIpc) is 2.00. The standard InChI is InChI=1S/C6H9NO3S/c1-2-5(8)7-4(3-11)6(9)10/h2,4,11H,1,3H2,(H,7,8)(H,9,10)/t4-/m0/s1/i1D. The van der Waals surface area contributed by atoms with Gasteiger partial charge >= 0.3 is 5.97 Å². The molecular weight excluding hydrogens is 166 g/mol. The maximum Gasteiger partial charge on any atom is 0.327 e. The normalized spacial score (nSPS) is 14.1. The Morgan fingerprint density at radius 2 is 2.55 bits per heavy atom. The first-order chi connectivity index (χ1) is 5.61. The Bertz CT molecular complexity index is 207. The number of hydrogen-bond acceptors (Lipinski definition) is 3. The van der Waals surface area contributed by atoms with E-state index in [9.17, 15) is 9.59 Å². The van der Waals surface area contributed by atoms with Crippen molar-refractivity contribution in [1.29, 1.82) is 0 Å². The van der Waals surface area contributed by atoms with Crippen LogP contribution in [0.1, 0.15) is 1.37 Å². The van der Waals surface area contributed by atoms with E-state index in [0.717, 1.165) is 12.6 Å². The fourth-order valence-corrected chi connectivity index (χ4v) is 0.653. The summed E-state index contributed by atoms with van der Waals surface area (Å²) in [6.45, 7) is 0.784. The summed E-state index contributed by atoms with van der Waals surface area (Å²) < 4.78 is 6.53. The van der Waals surface area contributed by atoms with Crippen LogP contribution in [0.4, 0.5) is 0 Å². The maximum absolute atomic E-state index is 10.7. The molecule has 0 aromatic rings. The van der Waals surface area contributed by atoms with Gasteiger partial charge in [-0.15, -0.1) is 0 Å². The van der Waals surface area contributed by atoms with Crippen LogP contribution in [0.5, 0.6) is 0 Å². The number of rotatable bonds is 4. The Hall–Kier alpha value is -0.970. The van der Waals surface area contributed by atoms with E-state index in [1.165, 1.54) is 0 Å². The lowest BCUT2D eigenvalue weighted by Gasteiger charge is -2.08. The highest BCUT2D eigenvalue weighted by Gasteiger charge is 2.15. The van der Waals surface area contributed by atoms with Gasteiger partial charge in [0.15, 0.2) is 0 Å². The molecule has 0 rings (SSSR count). The molecule has 5 heteroatoms. The third kappa shape index (κ3) is 3.67. The Morgan fingerprint density at radius 3 is 2.91 bits per heavy atom. The molecule has 1 amide bonds. The van der Waals surface area contributed by atoms with Crippen molar-refractivity contribution in [3.63, 3.8) is 0 Å². The molecule has 1 atom stereocenters. The van der Waals surface area contributed by atoms with E-state index in [1.54, 1.807) is 0 Å². The van der Waals surface area contributed by atoms with Crippen LogP contribution in [0.15, 0.2) is 12.6 Å². The second-order valence-electron chi connectivity index (χ2n) is 1.75. The highest BCUT2D eigenvalue weighted by atomic mass is 32.1. The summed E-state index contributed by atoms with van der Waals surface area (Å²) in [5.74, 6) is -1.73. The second-order valence-corrected chi connectivity index (χ2v) is 2.11. The summed E-state index contributed by atoms with van der Waals surface area (Å²) in [5, 5.41) is 10.6. The van der Waals surface area contributed by atoms with Crippen LogP contribution >= 0.6 is 12.6 Å². The SMILES string of the molecule is [2H]C=CC(=O)N[C@@H](CS)C(=O)O. The lowest BCUT2D eigenvalue weighted by atomic mass is 10.3. The zero-order chi connectivity index (χ0) is 9.56. The molecule has 0 unspecified atom stereocenters. The molecule has 0 aliphatic carbocycles. The number of thiol groups is 1. The monoisotopic (exact) mass is 176 g/mol. The first-order valence-corrected chi connectivity index (χ1v) is 3.44. The van der Waals surface area contributed by atoms with Gasteiger partial charge in [0.05, 0.1) is 1.37 Å². The quantitative estimate of drug-likeness (QED) is 0.406. The molecule has 0 bridgehead atoms. The topological polar surface area (TPSA) is 66.4 Å². The van der Waals surface area contributed by atoms with E-state index in [0.29, 0.717) is 0 Å². The maximum atomic E-state index is 10.7. The Labute approximate surface area is 71.1 Å². The average molecular weight is 176 g/mol. The molecule has 0 aromatic carbocycles. The number of aliphatic carboxylic acids is 1. The highest BCUT2D eigenvalue weighted by Crippen LogP contribution is 1.87. The molecule has 0 aromatic heterocycles. The first-order valence-electron chi connectivity index (χ1n) is 3.38. The van der Waals surface area contributed by atoms with Crippen LogP contribution in [-0.2, 0) is 9.59 Å². The smallest absolute Gasteiger partial charge is 0.327 e. The molecule has 0 heterocycles. The minimum absolute atomic E-state index is 0.0207. The van der Waals surface area contributed by atoms with E-state index in [2.05, 4.69) is 17.9 Å². The van der Waals surface area contributed by atoms with Crippen molar-refractivity contribution < 1.29 is 16.1 Å². The van der Waals surface area contributed by atoms with Crippen LogP contribution in [-0.4, -0.2) is 28.8 Å². The molecule has 0 radical (unpaired) electrons. The summed E-state index contributed by atoms with van der Waals surface area (Å²) in [4.78, 5) is 21.0. The predicted molar refractivity (Wildman–Crippen MR) is 43.6 cm³/mol. The van der Waals surface area contributed by atoms with Crippen molar-refractivity contribution in [3.05, 3.63) is 12.6 Å². The van der Waals surface area contributed by atoms with Gasteiger partial charge in [0.1, 0.15) is 6.04 Å². The lowest BCUT2D eigenvalue weighted by molar-refractivity contribution is -0.140. The van der Waals surface area contributed by atoms with E-state index >= 15 is 0 Å². The molecule has 2 N–H and O–H groups in total. The Kier molecular flexibility index (Phi) is 3.54. The zero-order valence-corrected chi connectivity index (χ0v) is 6.54. The fraction of sp³-hybridized carbons (Fsp3) is 0.333. The van der Waals surface area contributed by atoms with Crippen molar-refractivity contribution in [2.45, 2.75) is 6.04 Å². The zero-order valence-electron chi connectivity index (χ0n) is 6.65. The van der Waals surface area contributed by atoms with Crippen LogP contribution in [0.2, 0.25) is 0 Å². The second kappa shape index (κ2) is 4.79. The van der Waals surface area contributed by atoms with Gasteiger partial charge in [-0.1, -0.05) is 6.55 Å². The summed E-state index contributed by atoms with van der Waals surface area (Å²) in [6, 6.07) is -1.00. The molecule has 0 spiro atoms. The van der Waals surface area contributed by atoms with E-state index in [4.69, 9.17) is 6.48 Å². The van der Waals surface area contributed by atoms with Gasteiger partial charge in [-0.2, -0.15) is 12.6 Å². The minimum atomic E-state index is -1.14. The van der Waals surface area contributed by atoms with Gasteiger partial charge < -0.3 is 10.4 Å². The Balaban J connectivity index is 4.03. The van der Waals surface area contributed by atoms with Crippen LogP contribution in [0.25, 0.3) is 0 Å². The van der Waals surface area contributed by atoms with Crippen LogP contribution in [0, 0.1) is 0 Å². The van der Waals surface area contributed by atoms with Gasteiger partial charge in [0.25, 0.3) is 0 Å². The van der Waals surface area contributed by atoms with Crippen LogP contribution < -0.4 is 5.32 Å². The summed E-state index contributed by atoms with van der Waals surface area (Å²) in [5.41, 5.74) is 0. The van der Waals surface area contributed by atoms with Gasteiger partial charge in [-0.3, -0.25) is 4.79 Å².